The number of benzene rings is 1. The third-order valence-corrected chi connectivity index (χ3v) is 4.76. The Kier molecular flexibility index (Phi) is 10.7. The van der Waals surface area contributed by atoms with E-state index in [1.807, 2.05) is 37.3 Å². The maximum atomic E-state index is 11.7. The average Bonchev–Trinajstić information content (AvgIpc) is 2.73. The molecule has 1 N–H and O–H groups in total. The summed E-state index contributed by atoms with van der Waals surface area (Å²) in [5, 5.41) is 4.04. The zero-order valence-electron chi connectivity index (χ0n) is 18.7. The standard InChI is InChI=1S/C26H36N2O2/c1-21(2)20-27-25(29)19-22(3)13-9-7-5-4-6-8-12-18-30-26-17-16-23-14-10-11-15-24(23)28-26/h9-11,13-17,19,21H,4-8,12,18,20H2,1-3H3,(H,27,29). The molecule has 0 unspecified atom stereocenters. The maximum absolute atomic E-state index is 11.7. The van der Waals surface area contributed by atoms with Crippen molar-refractivity contribution in [2.75, 3.05) is 13.2 Å². The first kappa shape index (κ1) is 23.7. The quantitative estimate of drug-likeness (QED) is 0.243. The molecular weight excluding hydrogens is 372 g/mol. The lowest BCUT2D eigenvalue weighted by molar-refractivity contribution is -0.116. The number of fused-ring (bicyclic) bond motifs is 1. The average molecular weight is 409 g/mol. The summed E-state index contributed by atoms with van der Waals surface area (Å²) in [6.45, 7) is 7.58. The molecule has 0 fully saturated rings. The van der Waals surface area contributed by atoms with Gasteiger partial charge in [-0.05, 0) is 49.8 Å². The molecule has 162 valence electrons. The van der Waals surface area contributed by atoms with E-state index in [0.717, 1.165) is 35.9 Å². The van der Waals surface area contributed by atoms with Crippen LogP contribution in [0.5, 0.6) is 5.88 Å². The van der Waals surface area contributed by atoms with Crippen LogP contribution in [-0.2, 0) is 4.79 Å². The Balaban J connectivity index is 1.50. The summed E-state index contributed by atoms with van der Waals surface area (Å²) in [5.74, 6) is 1.17. The monoisotopic (exact) mass is 408 g/mol. The van der Waals surface area contributed by atoms with Crippen LogP contribution in [0.25, 0.3) is 10.9 Å². The van der Waals surface area contributed by atoms with Crippen LogP contribution in [0.15, 0.2) is 60.2 Å². The van der Waals surface area contributed by atoms with Crippen LogP contribution in [0.2, 0.25) is 0 Å². The van der Waals surface area contributed by atoms with E-state index in [4.69, 9.17) is 4.74 Å². The summed E-state index contributed by atoms with van der Waals surface area (Å²) in [4.78, 5) is 16.3. The smallest absolute Gasteiger partial charge is 0.244 e. The van der Waals surface area contributed by atoms with Gasteiger partial charge in [-0.2, -0.15) is 0 Å². The van der Waals surface area contributed by atoms with Crippen LogP contribution < -0.4 is 10.1 Å². The van der Waals surface area contributed by atoms with Crippen molar-refractivity contribution in [3.8, 4) is 5.88 Å². The number of unbranched alkanes of at least 4 members (excludes halogenated alkanes) is 5. The van der Waals surface area contributed by atoms with Gasteiger partial charge in [-0.1, -0.05) is 63.5 Å². The molecule has 30 heavy (non-hydrogen) atoms. The van der Waals surface area contributed by atoms with Crippen LogP contribution in [0, 0.1) is 5.92 Å². The predicted molar refractivity (Wildman–Crippen MR) is 126 cm³/mol. The molecule has 0 bridgehead atoms. The first-order valence-electron chi connectivity index (χ1n) is 11.2. The second-order valence-corrected chi connectivity index (χ2v) is 8.18. The maximum Gasteiger partial charge on any atom is 0.244 e. The van der Waals surface area contributed by atoms with E-state index < -0.39 is 0 Å². The normalized spacial score (nSPS) is 12.1. The topological polar surface area (TPSA) is 51.2 Å². The zero-order chi connectivity index (χ0) is 21.6. The molecule has 2 aromatic rings. The Morgan fingerprint density at radius 2 is 1.83 bits per heavy atom. The molecule has 0 atom stereocenters. The number of allylic oxidation sites excluding steroid dienone is 3. The highest BCUT2D eigenvalue weighted by Gasteiger charge is 2.00. The number of ether oxygens (including phenoxy) is 1. The Morgan fingerprint density at radius 3 is 2.67 bits per heavy atom. The van der Waals surface area contributed by atoms with Crippen LogP contribution in [-0.4, -0.2) is 24.0 Å². The second-order valence-electron chi connectivity index (χ2n) is 8.18. The molecule has 0 saturated heterocycles. The number of hydrogen-bond donors (Lipinski definition) is 1. The highest BCUT2D eigenvalue weighted by atomic mass is 16.5. The van der Waals surface area contributed by atoms with Crippen molar-refractivity contribution in [2.45, 2.75) is 59.3 Å². The summed E-state index contributed by atoms with van der Waals surface area (Å²) in [7, 11) is 0. The van der Waals surface area contributed by atoms with Crippen molar-refractivity contribution in [1.82, 2.24) is 10.3 Å². The molecule has 1 aromatic carbocycles. The third kappa shape index (κ3) is 9.73. The molecule has 2 rings (SSSR count). The summed E-state index contributed by atoms with van der Waals surface area (Å²) < 4.78 is 5.79. The molecule has 4 heteroatoms. The van der Waals surface area contributed by atoms with Crippen molar-refractivity contribution in [3.63, 3.8) is 0 Å². The number of nitrogens with zero attached hydrogens (tertiary/aromatic N) is 1. The van der Waals surface area contributed by atoms with Gasteiger partial charge in [0.25, 0.3) is 0 Å². The van der Waals surface area contributed by atoms with E-state index in [1.165, 1.54) is 25.7 Å². The number of rotatable bonds is 13. The van der Waals surface area contributed by atoms with E-state index in [2.05, 4.69) is 42.4 Å². The molecule has 0 aliphatic carbocycles. The van der Waals surface area contributed by atoms with Crippen molar-refractivity contribution in [1.29, 1.82) is 0 Å². The molecule has 0 spiro atoms. The molecule has 1 amide bonds. The fourth-order valence-electron chi connectivity index (χ4n) is 3.08. The fraction of sp³-hybridized carbons (Fsp3) is 0.462. The Hall–Kier alpha value is -2.62. The zero-order valence-corrected chi connectivity index (χ0v) is 18.7. The molecule has 1 heterocycles. The summed E-state index contributed by atoms with van der Waals surface area (Å²) in [6, 6.07) is 12.1. The number of carbonyl (C=O) groups is 1. The van der Waals surface area contributed by atoms with E-state index in [0.29, 0.717) is 18.4 Å². The van der Waals surface area contributed by atoms with Gasteiger partial charge in [-0.3, -0.25) is 4.79 Å². The van der Waals surface area contributed by atoms with Crippen LogP contribution in [0.4, 0.5) is 0 Å². The highest BCUT2D eigenvalue weighted by Crippen LogP contribution is 2.16. The number of aromatic nitrogens is 1. The van der Waals surface area contributed by atoms with Crippen LogP contribution in [0.3, 0.4) is 0 Å². The van der Waals surface area contributed by atoms with E-state index in [-0.39, 0.29) is 5.91 Å². The Morgan fingerprint density at radius 1 is 1.07 bits per heavy atom. The number of hydrogen-bond acceptors (Lipinski definition) is 3. The minimum atomic E-state index is -0.00745. The number of nitrogens with one attached hydrogen (secondary N) is 1. The minimum absolute atomic E-state index is 0.00745. The molecular formula is C26H36N2O2. The van der Waals surface area contributed by atoms with Gasteiger partial charge in [0.2, 0.25) is 11.8 Å². The van der Waals surface area contributed by atoms with E-state index in [1.54, 1.807) is 6.08 Å². The molecule has 0 aliphatic rings. The van der Waals surface area contributed by atoms with Crippen molar-refractivity contribution in [3.05, 3.63) is 60.2 Å². The first-order chi connectivity index (χ1) is 14.5. The molecule has 0 saturated carbocycles. The molecule has 0 aliphatic heterocycles. The largest absolute Gasteiger partial charge is 0.478 e. The van der Waals surface area contributed by atoms with E-state index in [9.17, 15) is 4.79 Å². The lowest BCUT2D eigenvalue weighted by Gasteiger charge is -2.06. The van der Waals surface area contributed by atoms with Crippen molar-refractivity contribution in [2.24, 2.45) is 5.92 Å². The molecule has 4 nitrogen and oxygen atoms in total. The number of carbonyl (C=O) groups excluding carboxylic acids is 1. The van der Waals surface area contributed by atoms with Crippen LogP contribution in [0.1, 0.15) is 59.3 Å². The van der Waals surface area contributed by atoms with Gasteiger partial charge >= 0.3 is 0 Å². The lowest BCUT2D eigenvalue weighted by Crippen LogP contribution is -2.25. The van der Waals surface area contributed by atoms with Gasteiger partial charge < -0.3 is 10.1 Å². The van der Waals surface area contributed by atoms with Gasteiger partial charge in [-0.25, -0.2) is 4.98 Å². The third-order valence-electron chi connectivity index (χ3n) is 4.76. The van der Waals surface area contributed by atoms with Gasteiger partial charge in [0.1, 0.15) is 0 Å². The van der Waals surface area contributed by atoms with Gasteiger partial charge in [0.05, 0.1) is 12.1 Å². The predicted octanol–water partition coefficient (Wildman–Crippen LogP) is 6.23. The number of amides is 1. The van der Waals surface area contributed by atoms with Gasteiger partial charge in [0, 0.05) is 24.1 Å². The van der Waals surface area contributed by atoms with Gasteiger partial charge in [0.15, 0.2) is 0 Å². The first-order valence-corrected chi connectivity index (χ1v) is 11.2. The fourth-order valence-corrected chi connectivity index (χ4v) is 3.08. The molecule has 0 radical (unpaired) electrons. The summed E-state index contributed by atoms with van der Waals surface area (Å²) in [5.41, 5.74) is 1.97. The summed E-state index contributed by atoms with van der Waals surface area (Å²) in [6.07, 6.45) is 12.8. The van der Waals surface area contributed by atoms with Crippen molar-refractivity contribution < 1.29 is 9.53 Å². The lowest BCUT2D eigenvalue weighted by atomic mass is 10.1. The SMILES string of the molecule is CC(C=CCCCCCCCOc1ccc2ccccc2n1)=CC(=O)NCC(C)C. The second kappa shape index (κ2) is 13.6. The Bertz CT molecular complexity index is 840. The van der Waals surface area contributed by atoms with Crippen LogP contribution >= 0.6 is 0 Å². The molecule has 1 aromatic heterocycles. The number of para-hydroxylation sites is 1. The highest BCUT2D eigenvalue weighted by molar-refractivity contribution is 5.88. The summed E-state index contributed by atoms with van der Waals surface area (Å²) >= 11 is 0. The minimum Gasteiger partial charge on any atom is -0.478 e. The number of pyridine rings is 1. The van der Waals surface area contributed by atoms with E-state index >= 15 is 0 Å². The van der Waals surface area contributed by atoms with Gasteiger partial charge in [-0.15, -0.1) is 0 Å². The van der Waals surface area contributed by atoms with Crippen molar-refractivity contribution >= 4 is 16.8 Å². The Labute approximate surface area is 181 Å².